The van der Waals surface area contributed by atoms with Crippen LogP contribution in [0, 0.1) is 0 Å². The molecule has 2 aromatic heterocycles. The summed E-state index contributed by atoms with van der Waals surface area (Å²) in [7, 11) is 0. The number of aromatic nitrogens is 4. The molecule has 0 spiro atoms. The van der Waals surface area contributed by atoms with Gasteiger partial charge in [-0.15, -0.1) is 23.4 Å². The van der Waals surface area contributed by atoms with Gasteiger partial charge in [-0.1, -0.05) is 54.1 Å². The van der Waals surface area contributed by atoms with Crippen LogP contribution in [0.2, 0.25) is 5.15 Å². The lowest BCUT2D eigenvalue weighted by atomic mass is 10.1. The Labute approximate surface area is 179 Å². The second-order valence-corrected chi connectivity index (χ2v) is 6.54. The Balaban J connectivity index is 1.75. The van der Waals surface area contributed by atoms with Crippen LogP contribution in [0.25, 0.3) is 22.6 Å². The second-order valence-electron chi connectivity index (χ2n) is 6.15. The van der Waals surface area contributed by atoms with Crippen LogP contribution in [-0.4, -0.2) is 26.5 Å². The van der Waals surface area contributed by atoms with Crippen molar-refractivity contribution in [2.75, 3.05) is 0 Å². The number of hydrogen-bond donors (Lipinski definition) is 0. The first kappa shape index (κ1) is 20.5. The molecule has 0 radical (unpaired) electrons. The summed E-state index contributed by atoms with van der Waals surface area (Å²) in [5.41, 5.74) is 1.31. The van der Waals surface area contributed by atoms with Crippen LogP contribution in [0.5, 0.6) is 17.4 Å². The summed E-state index contributed by atoms with van der Waals surface area (Å²) >= 11 is 5.81. The first-order valence-corrected chi connectivity index (χ1v) is 9.21. The van der Waals surface area contributed by atoms with Gasteiger partial charge in [0.05, 0.1) is 6.20 Å². The van der Waals surface area contributed by atoms with Crippen molar-refractivity contribution in [3.63, 3.8) is 0 Å². The quantitative estimate of drug-likeness (QED) is 0.354. The maximum absolute atomic E-state index is 12.5. The van der Waals surface area contributed by atoms with Crippen LogP contribution in [0.3, 0.4) is 0 Å². The highest BCUT2D eigenvalue weighted by Gasteiger charge is 2.31. The van der Waals surface area contributed by atoms with E-state index in [9.17, 15) is 13.2 Å². The molecule has 4 rings (SSSR count). The van der Waals surface area contributed by atoms with Crippen molar-refractivity contribution in [3.05, 3.63) is 78.1 Å². The van der Waals surface area contributed by atoms with Gasteiger partial charge in [-0.3, -0.25) is 0 Å². The molecule has 0 fully saturated rings. The molecular weight excluding hydrogens is 433 g/mol. The Morgan fingerprint density at radius 1 is 0.806 bits per heavy atom. The number of rotatable bonds is 5. The number of benzene rings is 2. The van der Waals surface area contributed by atoms with E-state index in [0.717, 1.165) is 0 Å². The highest BCUT2D eigenvalue weighted by Crippen LogP contribution is 2.32. The van der Waals surface area contributed by atoms with E-state index in [-0.39, 0.29) is 17.3 Å². The summed E-state index contributed by atoms with van der Waals surface area (Å²) in [4.78, 5) is 8.34. The van der Waals surface area contributed by atoms with E-state index in [1.807, 2.05) is 18.2 Å². The number of nitrogens with zero attached hydrogens (tertiary/aromatic N) is 4. The molecule has 0 aliphatic carbocycles. The van der Waals surface area contributed by atoms with E-state index >= 15 is 0 Å². The van der Waals surface area contributed by atoms with Crippen LogP contribution in [0.15, 0.2) is 72.9 Å². The van der Waals surface area contributed by atoms with E-state index < -0.39 is 12.1 Å². The Morgan fingerprint density at radius 2 is 1.58 bits per heavy atom. The fraction of sp³-hybridized carbons (Fsp3) is 0.0476. The van der Waals surface area contributed by atoms with Gasteiger partial charge in [0.2, 0.25) is 5.88 Å². The van der Waals surface area contributed by atoms with Crippen molar-refractivity contribution in [2.24, 2.45) is 0 Å². The summed E-state index contributed by atoms with van der Waals surface area (Å²) in [6.45, 7) is 0. The van der Waals surface area contributed by atoms with Gasteiger partial charge >= 0.3 is 6.36 Å². The average molecular weight is 445 g/mol. The van der Waals surface area contributed by atoms with Crippen LogP contribution < -0.4 is 9.47 Å². The Morgan fingerprint density at radius 3 is 2.29 bits per heavy atom. The molecule has 31 heavy (non-hydrogen) atoms. The third-order valence-electron chi connectivity index (χ3n) is 3.94. The summed E-state index contributed by atoms with van der Waals surface area (Å²) in [6, 6.07) is 17.5. The van der Waals surface area contributed by atoms with Crippen molar-refractivity contribution < 1.29 is 22.6 Å². The van der Waals surface area contributed by atoms with Crippen molar-refractivity contribution in [3.8, 4) is 40.0 Å². The van der Waals surface area contributed by atoms with E-state index in [0.29, 0.717) is 22.2 Å². The molecule has 2 heterocycles. The zero-order valence-electron chi connectivity index (χ0n) is 15.5. The Kier molecular flexibility index (Phi) is 5.68. The minimum absolute atomic E-state index is 0.0595. The molecule has 0 unspecified atom stereocenters. The van der Waals surface area contributed by atoms with Gasteiger partial charge in [0.15, 0.2) is 11.5 Å². The van der Waals surface area contributed by atoms with E-state index in [2.05, 4.69) is 24.9 Å². The van der Waals surface area contributed by atoms with Crippen LogP contribution in [0.1, 0.15) is 0 Å². The summed E-state index contributed by atoms with van der Waals surface area (Å²) in [5.74, 6) is 0.110. The Hall–Kier alpha value is -3.72. The van der Waals surface area contributed by atoms with Gasteiger partial charge in [-0.05, 0) is 24.3 Å². The maximum atomic E-state index is 12.5. The van der Waals surface area contributed by atoms with Crippen LogP contribution in [-0.2, 0) is 0 Å². The van der Waals surface area contributed by atoms with Crippen molar-refractivity contribution in [1.82, 2.24) is 20.2 Å². The van der Waals surface area contributed by atoms with Crippen LogP contribution in [0.4, 0.5) is 13.2 Å². The lowest BCUT2D eigenvalue weighted by molar-refractivity contribution is -0.274. The highest BCUT2D eigenvalue weighted by atomic mass is 35.5. The minimum Gasteiger partial charge on any atom is -0.435 e. The molecule has 2 aromatic carbocycles. The predicted molar refractivity (Wildman–Crippen MR) is 107 cm³/mol. The summed E-state index contributed by atoms with van der Waals surface area (Å²) in [5, 5.41) is 8.55. The number of halogens is 4. The number of alkyl halides is 3. The molecular formula is C21H12ClF3N4O2. The lowest BCUT2D eigenvalue weighted by Crippen LogP contribution is -2.17. The molecule has 6 nitrogen and oxygen atoms in total. The molecule has 0 amide bonds. The third kappa shape index (κ3) is 5.26. The van der Waals surface area contributed by atoms with Crippen molar-refractivity contribution in [2.45, 2.75) is 6.36 Å². The van der Waals surface area contributed by atoms with Gasteiger partial charge in [0, 0.05) is 11.1 Å². The van der Waals surface area contributed by atoms with Gasteiger partial charge in [0.25, 0.3) is 0 Å². The van der Waals surface area contributed by atoms with Gasteiger partial charge in [-0.2, -0.15) is 4.98 Å². The largest absolute Gasteiger partial charge is 0.573 e. The number of ether oxygens (including phenoxy) is 2. The minimum atomic E-state index is -4.81. The molecule has 4 aromatic rings. The maximum Gasteiger partial charge on any atom is 0.573 e. The monoisotopic (exact) mass is 444 g/mol. The van der Waals surface area contributed by atoms with E-state index in [4.69, 9.17) is 16.3 Å². The summed E-state index contributed by atoms with van der Waals surface area (Å²) in [6.07, 6.45) is -3.40. The van der Waals surface area contributed by atoms with Crippen molar-refractivity contribution in [1.29, 1.82) is 0 Å². The first-order chi connectivity index (χ1) is 14.9. The highest BCUT2D eigenvalue weighted by molar-refractivity contribution is 6.29. The normalized spacial score (nSPS) is 11.2. The topological polar surface area (TPSA) is 70.0 Å². The Bertz CT molecular complexity index is 1190. The molecule has 0 N–H and O–H groups in total. The summed E-state index contributed by atoms with van der Waals surface area (Å²) < 4.78 is 47.5. The zero-order chi connectivity index (χ0) is 21.8. The lowest BCUT2D eigenvalue weighted by Gasteiger charge is -2.12. The zero-order valence-corrected chi connectivity index (χ0v) is 16.3. The van der Waals surface area contributed by atoms with Gasteiger partial charge < -0.3 is 9.47 Å². The molecule has 156 valence electrons. The fourth-order valence-electron chi connectivity index (χ4n) is 2.65. The molecule has 10 heteroatoms. The van der Waals surface area contributed by atoms with Crippen LogP contribution >= 0.6 is 11.6 Å². The smallest absolute Gasteiger partial charge is 0.435 e. The van der Waals surface area contributed by atoms with Crippen molar-refractivity contribution >= 4 is 11.6 Å². The standard InChI is InChI=1S/C21H12ClF3N4O2/c22-17-10-9-16(12-26-17)30-20-18(13-5-2-1-3-6-13)28-29-19(27-20)14-7-4-8-15(11-14)31-21(23,24)25/h1-12H. The molecule has 0 atom stereocenters. The molecule has 0 aliphatic rings. The number of pyridine rings is 1. The molecule has 0 bridgehead atoms. The molecule has 0 aliphatic heterocycles. The third-order valence-corrected chi connectivity index (χ3v) is 4.17. The first-order valence-electron chi connectivity index (χ1n) is 8.83. The molecule has 0 saturated carbocycles. The van der Waals surface area contributed by atoms with Gasteiger partial charge in [-0.25, -0.2) is 4.98 Å². The average Bonchev–Trinajstić information content (AvgIpc) is 2.75. The second kappa shape index (κ2) is 8.57. The predicted octanol–water partition coefficient (Wildman–Crippen LogP) is 5.94. The SMILES string of the molecule is FC(F)(F)Oc1cccc(-c2nnc(-c3ccccc3)c(Oc3ccc(Cl)nc3)n2)c1. The van der Waals surface area contributed by atoms with Gasteiger partial charge in [0.1, 0.15) is 16.7 Å². The molecule has 0 saturated heterocycles. The van der Waals surface area contributed by atoms with E-state index in [1.165, 1.54) is 30.5 Å². The fourth-order valence-corrected chi connectivity index (χ4v) is 2.76. The number of hydrogen-bond acceptors (Lipinski definition) is 6. The van der Waals surface area contributed by atoms with E-state index in [1.54, 1.807) is 24.3 Å².